The maximum absolute atomic E-state index is 6.10. The highest BCUT2D eigenvalue weighted by Crippen LogP contribution is 2.42. The molecule has 14 nitrogen and oxygen atoms in total. The molecule has 0 saturated heterocycles. The summed E-state index contributed by atoms with van der Waals surface area (Å²) in [7, 11) is 1.66. The van der Waals surface area contributed by atoms with Crippen LogP contribution in [-0.2, 0) is 33.2 Å². The summed E-state index contributed by atoms with van der Waals surface area (Å²) in [6, 6.07) is 64.7. The van der Waals surface area contributed by atoms with Gasteiger partial charge >= 0.3 is 0 Å². The minimum Gasteiger partial charge on any atom is -0.491 e. The summed E-state index contributed by atoms with van der Waals surface area (Å²) in [5.41, 5.74) is 14.0. The summed E-state index contributed by atoms with van der Waals surface area (Å²) >= 11 is 0. The Kier molecular flexibility index (Phi) is 20.6. The first-order valence-electron chi connectivity index (χ1n) is 30.2. The fourth-order valence-electron chi connectivity index (χ4n) is 11.4. The van der Waals surface area contributed by atoms with Gasteiger partial charge in [-0.1, -0.05) is 54.6 Å². The number of benzene rings is 8. The molecule has 0 atom stereocenters. The Balaban J connectivity index is 0.950. The standard InChI is InChI=1S/C73H78N4O10/c1-6-79-38-40-82-44-47-86-61-30-22-56(23-31-61)76-70-18-12-9-15-64(70)67-51-58(26-34-72(67)76)74(59-27-35-73-68(52-59)65-16-10-13-19-71(65)77(73)57-24-32-62(33-25-57)87-48-45-83-41-39-80-7-2)53(3)50-66-54(4)75(69-17-11-8-14-63(66)69)55-20-28-60(29-21-55)85-49-46-84-43-42-81-37-36-78-5/h8-35,50-52H,6-7,36-49H2,1-5H3/b53-50+. The first-order valence-corrected chi connectivity index (χ1v) is 30.2. The average molecular weight is 1170 g/mol. The van der Waals surface area contributed by atoms with Crippen molar-refractivity contribution >= 4 is 72.0 Å². The van der Waals surface area contributed by atoms with Gasteiger partial charge in [-0.05, 0) is 161 Å². The fraction of sp³-hybridized carbons (Fsp3) is 0.288. The van der Waals surface area contributed by atoms with E-state index in [1.807, 2.05) is 50.2 Å². The molecule has 11 aromatic rings. The second-order valence-corrected chi connectivity index (χ2v) is 20.9. The third-order valence-corrected chi connectivity index (χ3v) is 15.4. The number of methoxy groups -OCH3 is 1. The normalized spacial score (nSPS) is 11.9. The summed E-state index contributed by atoms with van der Waals surface area (Å²) in [6.45, 7) is 16.9. The third-order valence-electron chi connectivity index (χ3n) is 15.4. The van der Waals surface area contributed by atoms with E-state index in [9.17, 15) is 0 Å². The maximum atomic E-state index is 6.10. The van der Waals surface area contributed by atoms with E-state index >= 15 is 0 Å². The molecule has 0 spiro atoms. The van der Waals surface area contributed by atoms with Crippen molar-refractivity contribution < 1.29 is 47.4 Å². The van der Waals surface area contributed by atoms with Gasteiger partial charge in [0.25, 0.3) is 0 Å². The van der Waals surface area contributed by atoms with Gasteiger partial charge < -0.3 is 66.0 Å². The van der Waals surface area contributed by atoms with Crippen molar-refractivity contribution in [2.75, 3.05) is 118 Å². The van der Waals surface area contributed by atoms with Crippen molar-refractivity contribution in [3.8, 4) is 34.3 Å². The number of hydrogen-bond acceptors (Lipinski definition) is 11. The first kappa shape index (κ1) is 60.3. The van der Waals surface area contributed by atoms with Crippen molar-refractivity contribution in [3.05, 3.63) is 199 Å². The molecular weight excluding hydrogens is 1090 g/mol. The zero-order chi connectivity index (χ0) is 59.7. The lowest BCUT2D eigenvalue weighted by atomic mass is 10.1. The molecule has 14 heteroatoms. The van der Waals surface area contributed by atoms with E-state index in [1.54, 1.807) is 7.11 Å². The van der Waals surface area contributed by atoms with E-state index in [-0.39, 0.29) is 0 Å². The van der Waals surface area contributed by atoms with E-state index < -0.39 is 0 Å². The van der Waals surface area contributed by atoms with E-state index in [1.165, 1.54) is 0 Å². The smallest absolute Gasteiger partial charge is 0.119 e. The van der Waals surface area contributed by atoms with Crippen LogP contribution in [0.4, 0.5) is 11.4 Å². The van der Waals surface area contributed by atoms with Crippen LogP contribution in [0.1, 0.15) is 32.0 Å². The lowest BCUT2D eigenvalue weighted by Crippen LogP contribution is -2.14. The van der Waals surface area contributed by atoms with E-state index in [2.05, 4.69) is 184 Å². The molecule has 0 saturated carbocycles. The highest BCUT2D eigenvalue weighted by Gasteiger charge is 2.22. The van der Waals surface area contributed by atoms with Gasteiger partial charge in [-0.15, -0.1) is 0 Å². The topological polar surface area (TPSA) is 110 Å². The minimum absolute atomic E-state index is 0.437. The van der Waals surface area contributed by atoms with Crippen molar-refractivity contribution in [2.45, 2.75) is 27.7 Å². The Morgan fingerprint density at radius 1 is 0.368 bits per heavy atom. The van der Waals surface area contributed by atoms with Crippen LogP contribution in [0.25, 0.3) is 77.7 Å². The Hall–Kier alpha value is -8.44. The molecule has 3 heterocycles. The highest BCUT2D eigenvalue weighted by molar-refractivity contribution is 6.12. The molecule has 8 aromatic carbocycles. The van der Waals surface area contributed by atoms with Gasteiger partial charge in [0.2, 0.25) is 0 Å². The molecule has 11 rings (SSSR count). The lowest BCUT2D eigenvalue weighted by Gasteiger charge is -2.27. The van der Waals surface area contributed by atoms with Crippen LogP contribution in [0.2, 0.25) is 0 Å². The van der Waals surface area contributed by atoms with Crippen LogP contribution in [0.5, 0.6) is 17.2 Å². The number of nitrogens with zero attached hydrogens (tertiary/aromatic N) is 4. The van der Waals surface area contributed by atoms with Crippen LogP contribution in [0.15, 0.2) is 188 Å². The molecule has 0 unspecified atom stereocenters. The summed E-state index contributed by atoms with van der Waals surface area (Å²) in [5, 5.41) is 5.75. The average Bonchev–Trinajstić information content (AvgIpc) is 1.71. The number of hydrogen-bond donors (Lipinski definition) is 0. The Bertz CT molecular complexity index is 3860. The van der Waals surface area contributed by atoms with Crippen molar-refractivity contribution in [1.29, 1.82) is 0 Å². The molecule has 0 bridgehead atoms. The Labute approximate surface area is 509 Å². The molecule has 3 aromatic heterocycles. The number of fused-ring (bicyclic) bond motifs is 7. The van der Waals surface area contributed by atoms with Gasteiger partial charge in [-0.25, -0.2) is 0 Å². The highest BCUT2D eigenvalue weighted by atomic mass is 16.6. The molecule has 87 heavy (non-hydrogen) atoms. The summed E-state index contributed by atoms with van der Waals surface area (Å²) in [6.07, 6.45) is 2.35. The van der Waals surface area contributed by atoms with E-state index in [4.69, 9.17) is 47.4 Å². The number of rotatable bonds is 33. The summed E-state index contributed by atoms with van der Waals surface area (Å²) in [4.78, 5) is 2.41. The van der Waals surface area contributed by atoms with Crippen molar-refractivity contribution in [2.24, 2.45) is 0 Å². The zero-order valence-electron chi connectivity index (χ0n) is 50.6. The number of aromatic nitrogens is 3. The van der Waals surface area contributed by atoms with Gasteiger partial charge in [-0.3, -0.25) is 0 Å². The molecule has 0 amide bonds. The maximum Gasteiger partial charge on any atom is 0.119 e. The molecule has 0 N–H and O–H groups in total. The summed E-state index contributed by atoms with van der Waals surface area (Å²) < 4.78 is 63.8. The molecule has 0 fully saturated rings. The minimum atomic E-state index is 0.437. The third kappa shape index (κ3) is 14.0. The number of allylic oxidation sites excluding steroid dienone is 1. The van der Waals surface area contributed by atoms with Crippen LogP contribution in [0.3, 0.4) is 0 Å². The van der Waals surface area contributed by atoms with Crippen LogP contribution < -0.4 is 19.1 Å². The van der Waals surface area contributed by atoms with Gasteiger partial charge in [0.15, 0.2) is 0 Å². The monoisotopic (exact) mass is 1170 g/mol. The Morgan fingerprint density at radius 2 is 0.713 bits per heavy atom. The van der Waals surface area contributed by atoms with Crippen LogP contribution in [0, 0.1) is 6.92 Å². The SMILES string of the molecule is CCOCCOCCOc1ccc(-n2c3ccccc3c3cc(N(/C(C)=C/c4c(C)n(-c5ccc(OCCOCCOCCOC)cc5)c5ccccc45)c4ccc5c(c4)c4ccccc4n5-c4ccc(OCCOCCOCC)cc4)ccc32)cc1. The first-order chi connectivity index (χ1) is 42.9. The number of ether oxygens (including phenoxy) is 10. The number of para-hydroxylation sites is 3. The molecule has 0 radical (unpaired) electrons. The molecule has 450 valence electrons. The van der Waals surface area contributed by atoms with Crippen molar-refractivity contribution in [1.82, 2.24) is 13.7 Å². The Morgan fingerprint density at radius 3 is 1.13 bits per heavy atom. The quantitative estimate of drug-likeness (QED) is 0.0367. The predicted octanol–water partition coefficient (Wildman–Crippen LogP) is 15.3. The number of anilines is 2. The fourth-order valence-corrected chi connectivity index (χ4v) is 11.4. The van der Waals surface area contributed by atoms with Crippen molar-refractivity contribution in [3.63, 3.8) is 0 Å². The largest absolute Gasteiger partial charge is 0.491 e. The molecular formula is C73H78N4O10. The van der Waals surface area contributed by atoms with Crippen LogP contribution in [-0.4, -0.2) is 127 Å². The van der Waals surface area contributed by atoms with Gasteiger partial charge in [-0.2, -0.15) is 0 Å². The molecule has 0 aliphatic rings. The molecule has 0 aliphatic heterocycles. The van der Waals surface area contributed by atoms with Crippen LogP contribution >= 0.6 is 0 Å². The second-order valence-electron chi connectivity index (χ2n) is 20.9. The van der Waals surface area contributed by atoms with Gasteiger partial charge in [0.1, 0.15) is 37.1 Å². The lowest BCUT2D eigenvalue weighted by molar-refractivity contribution is 0.0180. The zero-order valence-corrected chi connectivity index (χ0v) is 50.6. The molecule has 0 aliphatic carbocycles. The van der Waals surface area contributed by atoms with E-state index in [0.717, 1.165) is 117 Å². The predicted molar refractivity (Wildman–Crippen MR) is 350 cm³/mol. The van der Waals surface area contributed by atoms with Gasteiger partial charge in [0.05, 0.1) is 100 Å². The second kappa shape index (κ2) is 29.8. The van der Waals surface area contributed by atoms with E-state index in [0.29, 0.717) is 106 Å². The van der Waals surface area contributed by atoms with Gasteiger partial charge in [0, 0.05) is 92.6 Å². The summed E-state index contributed by atoms with van der Waals surface area (Å²) in [5.74, 6) is 2.36.